The van der Waals surface area contributed by atoms with Gasteiger partial charge in [0, 0.05) is 18.3 Å². The van der Waals surface area contributed by atoms with Crippen molar-refractivity contribution in [1.29, 1.82) is 0 Å². The van der Waals surface area contributed by atoms with Crippen LogP contribution in [0, 0.1) is 19.8 Å². The third-order valence-corrected chi connectivity index (χ3v) is 4.83. The summed E-state index contributed by atoms with van der Waals surface area (Å²) in [5, 5.41) is 20.0. The van der Waals surface area contributed by atoms with Gasteiger partial charge in [0.15, 0.2) is 0 Å². The maximum Gasteiger partial charge on any atom is 0.315 e. The number of hydrogen-bond acceptors (Lipinski definition) is 3. The molecular formula is C16H28N4O2. The predicted molar refractivity (Wildman–Crippen MR) is 85.6 cm³/mol. The molecule has 1 saturated carbocycles. The Hall–Kier alpha value is -1.56. The van der Waals surface area contributed by atoms with Crippen molar-refractivity contribution in [3.05, 3.63) is 17.0 Å². The van der Waals surface area contributed by atoms with Crippen molar-refractivity contribution in [1.82, 2.24) is 20.4 Å². The molecule has 0 bridgehead atoms. The number of aryl methyl sites for hydroxylation is 2. The smallest absolute Gasteiger partial charge is 0.315 e. The van der Waals surface area contributed by atoms with E-state index in [0.717, 1.165) is 36.2 Å². The second-order valence-electron chi connectivity index (χ2n) is 6.62. The van der Waals surface area contributed by atoms with Crippen LogP contribution < -0.4 is 10.6 Å². The molecule has 0 saturated heterocycles. The van der Waals surface area contributed by atoms with Crippen molar-refractivity contribution in [2.75, 3.05) is 6.61 Å². The van der Waals surface area contributed by atoms with Crippen LogP contribution in [0.4, 0.5) is 4.79 Å². The summed E-state index contributed by atoms with van der Waals surface area (Å²) < 4.78 is 1.84. The van der Waals surface area contributed by atoms with Gasteiger partial charge in [-0.15, -0.1) is 0 Å². The Morgan fingerprint density at radius 2 is 2.14 bits per heavy atom. The highest BCUT2D eigenvalue weighted by molar-refractivity contribution is 5.75. The van der Waals surface area contributed by atoms with Crippen LogP contribution in [0.5, 0.6) is 0 Å². The number of nitrogens with zero attached hydrogens (tertiary/aromatic N) is 2. The number of carbonyl (C=O) groups excluding carboxylic acids is 1. The quantitative estimate of drug-likeness (QED) is 0.751. The largest absolute Gasteiger partial charge is 0.394 e. The first kappa shape index (κ1) is 16.8. The second-order valence-corrected chi connectivity index (χ2v) is 6.62. The van der Waals surface area contributed by atoms with Crippen LogP contribution in [0.2, 0.25) is 0 Å². The summed E-state index contributed by atoms with van der Waals surface area (Å²) in [4.78, 5) is 12.4. The molecule has 0 radical (unpaired) electrons. The third-order valence-electron chi connectivity index (χ3n) is 4.83. The highest BCUT2D eigenvalue weighted by Gasteiger charge is 2.42. The lowest BCUT2D eigenvalue weighted by atomic mass is 9.97. The molecule has 1 aliphatic carbocycles. The number of aromatic nitrogens is 2. The van der Waals surface area contributed by atoms with Crippen molar-refractivity contribution >= 4 is 6.03 Å². The van der Waals surface area contributed by atoms with Crippen LogP contribution in [-0.2, 0) is 7.05 Å². The molecule has 1 aromatic heterocycles. The average Bonchev–Trinajstić information content (AvgIpc) is 3.27. The Morgan fingerprint density at radius 3 is 2.55 bits per heavy atom. The summed E-state index contributed by atoms with van der Waals surface area (Å²) in [7, 11) is 1.91. The van der Waals surface area contributed by atoms with E-state index in [2.05, 4.69) is 15.7 Å². The Bertz CT molecular complexity index is 551. The fraction of sp³-hybridized carbons (Fsp3) is 0.750. The minimum Gasteiger partial charge on any atom is -0.394 e. The maximum atomic E-state index is 12.4. The van der Waals surface area contributed by atoms with Gasteiger partial charge in [0.1, 0.15) is 0 Å². The molecule has 1 aliphatic rings. The fourth-order valence-electron chi connectivity index (χ4n) is 3.12. The average molecular weight is 308 g/mol. The minimum atomic E-state index is -0.526. The van der Waals surface area contributed by atoms with Gasteiger partial charge in [-0.2, -0.15) is 5.10 Å². The molecule has 0 aliphatic heterocycles. The van der Waals surface area contributed by atoms with Crippen LogP contribution in [-0.4, -0.2) is 33.1 Å². The summed E-state index contributed by atoms with van der Waals surface area (Å²) >= 11 is 0. The van der Waals surface area contributed by atoms with E-state index in [4.69, 9.17) is 0 Å². The fourth-order valence-corrected chi connectivity index (χ4v) is 3.12. The number of urea groups is 1. The first-order chi connectivity index (χ1) is 10.3. The zero-order chi connectivity index (χ0) is 16.5. The van der Waals surface area contributed by atoms with Crippen molar-refractivity contribution in [2.24, 2.45) is 13.0 Å². The van der Waals surface area contributed by atoms with Crippen molar-refractivity contribution in [2.45, 2.75) is 58.5 Å². The molecule has 2 atom stereocenters. The van der Waals surface area contributed by atoms with Gasteiger partial charge in [-0.3, -0.25) is 4.68 Å². The molecule has 6 heteroatoms. The maximum absolute atomic E-state index is 12.4. The number of aliphatic hydroxyl groups is 1. The monoisotopic (exact) mass is 308 g/mol. The van der Waals surface area contributed by atoms with Crippen LogP contribution in [0.25, 0.3) is 0 Å². The number of carbonyl (C=O) groups is 1. The number of amides is 2. The molecule has 1 aromatic rings. The van der Waals surface area contributed by atoms with Crippen molar-refractivity contribution < 1.29 is 9.90 Å². The number of hydrogen-bond donors (Lipinski definition) is 3. The van der Waals surface area contributed by atoms with Crippen LogP contribution in [0.3, 0.4) is 0 Å². The molecule has 2 rings (SSSR count). The van der Waals surface area contributed by atoms with Crippen LogP contribution in [0.1, 0.15) is 56.1 Å². The SMILES string of the molecule is CCC(NC(=O)NC(C)(CO)C1CC1)c1c(C)nn(C)c1C. The highest BCUT2D eigenvalue weighted by atomic mass is 16.3. The molecule has 0 spiro atoms. The molecule has 6 nitrogen and oxygen atoms in total. The number of aliphatic hydroxyl groups excluding tert-OH is 1. The van der Waals surface area contributed by atoms with Crippen LogP contribution >= 0.6 is 0 Å². The van der Waals surface area contributed by atoms with Gasteiger partial charge < -0.3 is 15.7 Å². The van der Waals surface area contributed by atoms with Gasteiger partial charge >= 0.3 is 6.03 Å². The van der Waals surface area contributed by atoms with Gasteiger partial charge in [-0.1, -0.05) is 6.92 Å². The number of nitrogens with one attached hydrogen (secondary N) is 2. The lowest BCUT2D eigenvalue weighted by Gasteiger charge is -2.30. The van der Waals surface area contributed by atoms with E-state index < -0.39 is 5.54 Å². The summed E-state index contributed by atoms with van der Waals surface area (Å²) in [6.07, 6.45) is 2.92. The predicted octanol–water partition coefficient (Wildman–Crippen LogP) is 1.95. The first-order valence-corrected chi connectivity index (χ1v) is 8.02. The van der Waals surface area contributed by atoms with E-state index in [9.17, 15) is 9.90 Å². The molecule has 1 heterocycles. The molecule has 2 amide bonds. The normalized spacial score (nSPS) is 18.6. The Morgan fingerprint density at radius 1 is 1.50 bits per heavy atom. The zero-order valence-electron chi connectivity index (χ0n) is 14.2. The molecule has 0 aromatic carbocycles. The standard InChI is InChI=1S/C16H28N4O2/c1-6-13(14-10(2)19-20(5)11(14)3)17-15(22)18-16(4,9-21)12-7-8-12/h12-13,21H,6-9H2,1-5H3,(H2,17,18,22). The van der Waals surface area contributed by atoms with Gasteiger partial charge in [-0.05, 0) is 46.0 Å². The summed E-state index contributed by atoms with van der Waals surface area (Å²) in [5.41, 5.74) is 2.56. The Balaban J connectivity index is 2.08. The van der Waals surface area contributed by atoms with E-state index >= 15 is 0 Å². The summed E-state index contributed by atoms with van der Waals surface area (Å²) in [6, 6.07) is -0.297. The van der Waals surface area contributed by atoms with E-state index in [1.807, 2.05) is 39.4 Å². The molecule has 22 heavy (non-hydrogen) atoms. The van der Waals surface area contributed by atoms with E-state index in [-0.39, 0.29) is 18.7 Å². The van der Waals surface area contributed by atoms with Gasteiger partial charge in [0.25, 0.3) is 0 Å². The molecule has 3 N–H and O–H groups in total. The lowest BCUT2D eigenvalue weighted by molar-refractivity contribution is 0.154. The van der Waals surface area contributed by atoms with Gasteiger partial charge in [0.2, 0.25) is 0 Å². The van der Waals surface area contributed by atoms with E-state index in [1.54, 1.807) is 0 Å². The van der Waals surface area contributed by atoms with Crippen molar-refractivity contribution in [3.63, 3.8) is 0 Å². The molecule has 2 unspecified atom stereocenters. The number of rotatable bonds is 6. The summed E-state index contributed by atoms with van der Waals surface area (Å²) in [6.45, 7) is 7.90. The molecule has 1 fully saturated rings. The molecule has 124 valence electrons. The van der Waals surface area contributed by atoms with Crippen LogP contribution in [0.15, 0.2) is 0 Å². The summed E-state index contributed by atoms with van der Waals surface area (Å²) in [5.74, 6) is 0.380. The Labute approximate surface area is 132 Å². The highest BCUT2D eigenvalue weighted by Crippen LogP contribution is 2.39. The van der Waals surface area contributed by atoms with E-state index in [0.29, 0.717) is 5.92 Å². The lowest BCUT2D eigenvalue weighted by Crippen LogP contribution is -2.54. The third kappa shape index (κ3) is 3.27. The zero-order valence-corrected chi connectivity index (χ0v) is 14.2. The van der Waals surface area contributed by atoms with E-state index in [1.165, 1.54) is 0 Å². The minimum absolute atomic E-state index is 0.0349. The van der Waals surface area contributed by atoms with Gasteiger partial charge in [-0.25, -0.2) is 4.79 Å². The first-order valence-electron chi connectivity index (χ1n) is 8.02. The van der Waals surface area contributed by atoms with Crippen molar-refractivity contribution in [3.8, 4) is 0 Å². The topological polar surface area (TPSA) is 79.2 Å². The Kier molecular flexibility index (Phi) is 4.80. The second kappa shape index (κ2) is 6.28. The molecular weight excluding hydrogens is 280 g/mol. The van der Waals surface area contributed by atoms with Gasteiger partial charge in [0.05, 0.1) is 23.9 Å².